The highest BCUT2D eigenvalue weighted by Crippen LogP contribution is 2.01. The van der Waals surface area contributed by atoms with E-state index in [4.69, 9.17) is 5.73 Å². The predicted molar refractivity (Wildman–Crippen MR) is 62.0 cm³/mol. The van der Waals surface area contributed by atoms with Gasteiger partial charge in [-0.1, -0.05) is 0 Å². The Hall–Kier alpha value is -1.69. The summed E-state index contributed by atoms with van der Waals surface area (Å²) in [6.45, 7) is 1.44. The van der Waals surface area contributed by atoms with E-state index in [0.29, 0.717) is 6.54 Å². The van der Waals surface area contributed by atoms with Crippen molar-refractivity contribution in [3.8, 4) is 0 Å². The summed E-state index contributed by atoms with van der Waals surface area (Å²) in [6.07, 6.45) is 2.83. The van der Waals surface area contributed by atoms with Gasteiger partial charge >= 0.3 is 0 Å². The normalized spacial score (nSPS) is 10.5. The van der Waals surface area contributed by atoms with Crippen LogP contribution >= 0.6 is 0 Å². The van der Waals surface area contributed by atoms with Crippen LogP contribution in [-0.2, 0) is 0 Å². The molecule has 1 heterocycles. The summed E-state index contributed by atoms with van der Waals surface area (Å²) in [5.74, 6) is 0.0912. The standard InChI is InChI=1S/C10H17N5O/c1-14(2)4-5-15(3)10(16)8-6-12-7-9(11)13-8/h6-7H,4-5H2,1-3H3,(H2,11,13). The van der Waals surface area contributed by atoms with Gasteiger partial charge in [0.15, 0.2) is 0 Å². The molecule has 0 spiro atoms. The van der Waals surface area contributed by atoms with Crippen LogP contribution in [0.15, 0.2) is 12.4 Å². The van der Waals surface area contributed by atoms with Crippen LogP contribution in [0.4, 0.5) is 5.82 Å². The summed E-state index contributed by atoms with van der Waals surface area (Å²) in [6, 6.07) is 0. The Balaban J connectivity index is 2.63. The lowest BCUT2D eigenvalue weighted by atomic mass is 10.3. The number of hydrogen-bond acceptors (Lipinski definition) is 5. The van der Waals surface area contributed by atoms with Crippen molar-refractivity contribution in [1.29, 1.82) is 0 Å². The molecule has 88 valence electrons. The molecule has 1 rings (SSSR count). The highest BCUT2D eigenvalue weighted by molar-refractivity contribution is 5.92. The molecule has 0 aliphatic heterocycles. The summed E-state index contributed by atoms with van der Waals surface area (Å²) >= 11 is 0. The minimum Gasteiger partial charge on any atom is -0.382 e. The number of hydrogen-bond donors (Lipinski definition) is 1. The van der Waals surface area contributed by atoms with Gasteiger partial charge in [0.25, 0.3) is 5.91 Å². The molecule has 2 N–H and O–H groups in total. The van der Waals surface area contributed by atoms with Crippen molar-refractivity contribution in [2.45, 2.75) is 0 Å². The Morgan fingerprint density at radius 2 is 2.00 bits per heavy atom. The van der Waals surface area contributed by atoms with Gasteiger partial charge in [0.1, 0.15) is 11.5 Å². The third kappa shape index (κ3) is 3.47. The van der Waals surface area contributed by atoms with E-state index >= 15 is 0 Å². The van der Waals surface area contributed by atoms with Gasteiger partial charge in [0.05, 0.1) is 12.4 Å². The Kier molecular flexibility index (Phi) is 4.19. The van der Waals surface area contributed by atoms with E-state index in [1.54, 1.807) is 11.9 Å². The molecule has 0 saturated heterocycles. The van der Waals surface area contributed by atoms with Gasteiger partial charge in [-0.2, -0.15) is 0 Å². The molecule has 0 saturated carbocycles. The summed E-state index contributed by atoms with van der Waals surface area (Å²) in [5, 5.41) is 0. The number of nitrogens with two attached hydrogens (primary N) is 1. The number of rotatable bonds is 4. The van der Waals surface area contributed by atoms with Gasteiger partial charge in [0, 0.05) is 20.1 Å². The Labute approximate surface area is 95.1 Å². The van der Waals surface area contributed by atoms with Crippen LogP contribution in [0.2, 0.25) is 0 Å². The second-order valence-electron chi connectivity index (χ2n) is 3.86. The minimum absolute atomic E-state index is 0.165. The predicted octanol–water partition coefficient (Wildman–Crippen LogP) is -0.308. The number of aromatic nitrogens is 2. The zero-order valence-electron chi connectivity index (χ0n) is 9.84. The maximum atomic E-state index is 11.9. The molecule has 0 radical (unpaired) electrons. The lowest BCUT2D eigenvalue weighted by Gasteiger charge is -2.19. The Morgan fingerprint density at radius 3 is 2.56 bits per heavy atom. The van der Waals surface area contributed by atoms with E-state index in [9.17, 15) is 4.79 Å². The van der Waals surface area contributed by atoms with Crippen LogP contribution in [0, 0.1) is 0 Å². The van der Waals surface area contributed by atoms with Crippen LogP contribution in [0.3, 0.4) is 0 Å². The molecular formula is C10H17N5O. The molecule has 0 aromatic carbocycles. The SMILES string of the molecule is CN(C)CCN(C)C(=O)c1cncc(N)n1. The molecule has 1 amide bonds. The molecule has 16 heavy (non-hydrogen) atoms. The first-order valence-electron chi connectivity index (χ1n) is 4.98. The van der Waals surface area contributed by atoms with Crippen LogP contribution in [-0.4, -0.2) is 59.9 Å². The topological polar surface area (TPSA) is 75.3 Å². The minimum atomic E-state index is -0.165. The smallest absolute Gasteiger partial charge is 0.273 e. The third-order valence-corrected chi connectivity index (χ3v) is 2.10. The zero-order valence-corrected chi connectivity index (χ0v) is 9.84. The van der Waals surface area contributed by atoms with E-state index in [1.165, 1.54) is 12.4 Å². The Morgan fingerprint density at radius 1 is 1.31 bits per heavy atom. The van der Waals surface area contributed by atoms with Gasteiger partial charge < -0.3 is 15.5 Å². The number of anilines is 1. The molecule has 1 aromatic heterocycles. The van der Waals surface area contributed by atoms with Gasteiger partial charge in [-0.25, -0.2) is 4.98 Å². The van der Waals surface area contributed by atoms with E-state index in [0.717, 1.165) is 6.54 Å². The summed E-state index contributed by atoms with van der Waals surface area (Å²) in [7, 11) is 5.65. The van der Waals surface area contributed by atoms with Crippen LogP contribution in [0.5, 0.6) is 0 Å². The first-order valence-corrected chi connectivity index (χ1v) is 4.98. The molecule has 0 unspecified atom stereocenters. The first kappa shape index (κ1) is 12.4. The number of nitrogens with zero attached hydrogens (tertiary/aromatic N) is 4. The van der Waals surface area contributed by atoms with Crippen molar-refractivity contribution in [2.24, 2.45) is 0 Å². The van der Waals surface area contributed by atoms with Crippen molar-refractivity contribution < 1.29 is 4.79 Å². The fraction of sp³-hybridized carbons (Fsp3) is 0.500. The lowest BCUT2D eigenvalue weighted by molar-refractivity contribution is 0.0780. The quantitative estimate of drug-likeness (QED) is 0.758. The molecule has 0 atom stereocenters. The maximum absolute atomic E-state index is 11.9. The average Bonchev–Trinajstić information content (AvgIpc) is 2.24. The van der Waals surface area contributed by atoms with Crippen molar-refractivity contribution in [3.63, 3.8) is 0 Å². The second kappa shape index (κ2) is 5.41. The molecule has 0 aliphatic carbocycles. The lowest BCUT2D eigenvalue weighted by Crippen LogP contribution is -2.34. The fourth-order valence-corrected chi connectivity index (χ4v) is 1.13. The Bertz CT molecular complexity index is 366. The summed E-state index contributed by atoms with van der Waals surface area (Å²) in [5.41, 5.74) is 5.75. The first-order chi connectivity index (χ1) is 7.50. The van der Waals surface area contributed by atoms with E-state index in [1.807, 2.05) is 19.0 Å². The van der Waals surface area contributed by atoms with Gasteiger partial charge in [-0.05, 0) is 14.1 Å². The highest BCUT2D eigenvalue weighted by atomic mass is 16.2. The van der Waals surface area contributed by atoms with Gasteiger partial charge in [-0.15, -0.1) is 0 Å². The summed E-state index contributed by atoms with van der Waals surface area (Å²) < 4.78 is 0. The highest BCUT2D eigenvalue weighted by Gasteiger charge is 2.13. The van der Waals surface area contributed by atoms with Crippen molar-refractivity contribution >= 4 is 11.7 Å². The number of nitrogen functional groups attached to an aromatic ring is 1. The third-order valence-electron chi connectivity index (χ3n) is 2.10. The number of carbonyl (C=O) groups is 1. The van der Waals surface area contributed by atoms with Crippen LogP contribution < -0.4 is 5.73 Å². The van der Waals surface area contributed by atoms with E-state index in [-0.39, 0.29) is 17.4 Å². The van der Waals surface area contributed by atoms with Crippen LogP contribution in [0.1, 0.15) is 10.5 Å². The molecule has 1 aromatic rings. The van der Waals surface area contributed by atoms with E-state index < -0.39 is 0 Å². The number of carbonyl (C=O) groups excluding carboxylic acids is 1. The van der Waals surface area contributed by atoms with Crippen molar-refractivity contribution in [1.82, 2.24) is 19.8 Å². The summed E-state index contributed by atoms with van der Waals surface area (Å²) in [4.78, 5) is 23.2. The van der Waals surface area contributed by atoms with Crippen molar-refractivity contribution in [2.75, 3.05) is 40.0 Å². The average molecular weight is 223 g/mol. The molecule has 0 bridgehead atoms. The molecule has 6 heteroatoms. The van der Waals surface area contributed by atoms with E-state index in [2.05, 4.69) is 9.97 Å². The largest absolute Gasteiger partial charge is 0.382 e. The second-order valence-corrected chi connectivity index (χ2v) is 3.86. The maximum Gasteiger partial charge on any atom is 0.273 e. The van der Waals surface area contributed by atoms with Crippen LogP contribution in [0.25, 0.3) is 0 Å². The number of likely N-dealkylation sites (N-methyl/N-ethyl adjacent to an activating group) is 2. The fourth-order valence-electron chi connectivity index (χ4n) is 1.13. The number of amides is 1. The van der Waals surface area contributed by atoms with Gasteiger partial charge in [0.2, 0.25) is 0 Å². The monoisotopic (exact) mass is 223 g/mol. The van der Waals surface area contributed by atoms with Gasteiger partial charge in [-0.3, -0.25) is 9.78 Å². The molecule has 6 nitrogen and oxygen atoms in total. The molecule has 0 aliphatic rings. The molecular weight excluding hydrogens is 206 g/mol. The van der Waals surface area contributed by atoms with Crippen molar-refractivity contribution in [3.05, 3.63) is 18.1 Å². The zero-order chi connectivity index (χ0) is 12.1. The molecule has 0 fully saturated rings.